The summed E-state index contributed by atoms with van der Waals surface area (Å²) >= 11 is 0. The van der Waals surface area contributed by atoms with Crippen molar-refractivity contribution >= 4 is 17.6 Å². The monoisotopic (exact) mass is 401 g/mol. The van der Waals surface area contributed by atoms with Gasteiger partial charge in [0.1, 0.15) is 28.8 Å². The highest BCUT2D eigenvalue weighted by Crippen LogP contribution is 2.33. The fourth-order valence-corrected chi connectivity index (χ4v) is 3.17. The molecular weight excluding hydrogens is 374 g/mol. The molecule has 2 aromatic rings. The Labute approximate surface area is 169 Å². The van der Waals surface area contributed by atoms with Crippen LogP contribution < -0.4 is 5.32 Å². The molecule has 0 aliphatic carbocycles. The highest BCUT2D eigenvalue weighted by molar-refractivity contribution is 6.01. The van der Waals surface area contributed by atoms with Gasteiger partial charge in [-0.1, -0.05) is 13.8 Å². The first-order chi connectivity index (χ1) is 13.9. The number of hydrazone groups is 1. The zero-order chi connectivity index (χ0) is 21.0. The number of nitrogens with zero attached hydrogens (tertiary/aromatic N) is 2. The lowest BCUT2D eigenvalue weighted by Gasteiger charge is -2.32. The van der Waals surface area contributed by atoms with E-state index in [1.165, 1.54) is 5.01 Å². The van der Waals surface area contributed by atoms with Crippen LogP contribution in [0.3, 0.4) is 0 Å². The molecule has 3 rings (SSSR count). The summed E-state index contributed by atoms with van der Waals surface area (Å²) in [6.45, 7) is 7.52. The van der Waals surface area contributed by atoms with E-state index in [9.17, 15) is 9.59 Å². The molecule has 8 heteroatoms. The minimum absolute atomic E-state index is 0.0698. The molecule has 1 aliphatic rings. The largest absolute Gasteiger partial charge is 0.467 e. The molecular formula is C21H27N3O5. The molecule has 0 saturated carbocycles. The first kappa shape index (κ1) is 20.9. The van der Waals surface area contributed by atoms with Crippen LogP contribution in [0.5, 0.6) is 0 Å². The number of furan rings is 2. The van der Waals surface area contributed by atoms with Crippen LogP contribution in [-0.4, -0.2) is 41.3 Å². The van der Waals surface area contributed by atoms with Gasteiger partial charge in [0.05, 0.1) is 25.7 Å². The fourth-order valence-electron chi connectivity index (χ4n) is 3.17. The maximum absolute atomic E-state index is 13.0. The van der Waals surface area contributed by atoms with Crippen molar-refractivity contribution in [2.24, 2.45) is 11.0 Å². The zero-order valence-electron chi connectivity index (χ0n) is 17.2. The minimum atomic E-state index is -0.987. The number of rotatable bonds is 8. The summed E-state index contributed by atoms with van der Waals surface area (Å²) in [6, 6.07) is 6.81. The second-order valence-corrected chi connectivity index (χ2v) is 7.43. The van der Waals surface area contributed by atoms with Crippen LogP contribution in [0.4, 0.5) is 0 Å². The average Bonchev–Trinajstić information content (AvgIpc) is 3.45. The number of esters is 1. The van der Waals surface area contributed by atoms with Crippen molar-refractivity contribution < 1.29 is 23.2 Å². The number of amides is 1. The summed E-state index contributed by atoms with van der Waals surface area (Å²) in [4.78, 5) is 25.5. The van der Waals surface area contributed by atoms with Crippen molar-refractivity contribution in [3.05, 3.63) is 48.3 Å². The number of carbonyl (C=O) groups excluding carboxylic acids is 2. The van der Waals surface area contributed by atoms with E-state index in [-0.39, 0.29) is 37.0 Å². The van der Waals surface area contributed by atoms with Crippen molar-refractivity contribution in [3.8, 4) is 0 Å². The number of nitrogens with one attached hydrogen (secondary N) is 1. The lowest BCUT2D eigenvalue weighted by Crippen LogP contribution is -2.56. The van der Waals surface area contributed by atoms with Gasteiger partial charge >= 0.3 is 5.97 Å². The molecule has 3 heterocycles. The predicted molar refractivity (Wildman–Crippen MR) is 106 cm³/mol. The lowest BCUT2D eigenvalue weighted by molar-refractivity contribution is -0.152. The molecule has 8 nitrogen and oxygen atoms in total. The Kier molecular flexibility index (Phi) is 6.22. The van der Waals surface area contributed by atoms with Crippen molar-refractivity contribution in [3.63, 3.8) is 0 Å². The Morgan fingerprint density at radius 3 is 2.62 bits per heavy atom. The van der Waals surface area contributed by atoms with Crippen LogP contribution in [0.15, 0.2) is 50.7 Å². The third kappa shape index (κ3) is 4.27. The van der Waals surface area contributed by atoms with E-state index in [0.717, 1.165) is 0 Å². The van der Waals surface area contributed by atoms with Gasteiger partial charge in [-0.15, -0.1) is 0 Å². The molecule has 0 fully saturated rings. The summed E-state index contributed by atoms with van der Waals surface area (Å²) in [7, 11) is 0. The van der Waals surface area contributed by atoms with Gasteiger partial charge in [0.2, 0.25) is 0 Å². The van der Waals surface area contributed by atoms with Crippen LogP contribution >= 0.6 is 0 Å². The third-order valence-corrected chi connectivity index (χ3v) is 5.30. The molecule has 0 spiro atoms. The highest BCUT2D eigenvalue weighted by Gasteiger charge is 2.40. The predicted octanol–water partition coefficient (Wildman–Crippen LogP) is 3.12. The molecule has 2 aromatic heterocycles. The molecule has 0 aromatic carbocycles. The van der Waals surface area contributed by atoms with Crippen molar-refractivity contribution in [2.45, 2.75) is 45.7 Å². The smallest absolute Gasteiger partial charge is 0.326 e. The Morgan fingerprint density at radius 2 is 2.03 bits per heavy atom. The topological polar surface area (TPSA) is 97.3 Å². The van der Waals surface area contributed by atoms with E-state index < -0.39 is 5.54 Å². The molecule has 29 heavy (non-hydrogen) atoms. The summed E-state index contributed by atoms with van der Waals surface area (Å²) in [6.07, 6.45) is 3.61. The molecule has 1 N–H and O–H groups in total. The van der Waals surface area contributed by atoms with Gasteiger partial charge in [0.25, 0.3) is 5.91 Å². The van der Waals surface area contributed by atoms with E-state index in [1.54, 1.807) is 44.6 Å². The number of hydrogen-bond acceptors (Lipinski definition) is 7. The van der Waals surface area contributed by atoms with E-state index in [1.807, 2.05) is 19.9 Å². The lowest BCUT2D eigenvalue weighted by atomic mass is 9.88. The number of carbonyl (C=O) groups is 2. The van der Waals surface area contributed by atoms with E-state index in [4.69, 9.17) is 13.6 Å². The Hall–Kier alpha value is -2.87. The standard InChI is InChI=1S/C21H27N3O5/c1-5-27-20(26)21(4,14(2)3)22-13-19(25)24-16(18-9-7-11-29-18)12-15(23-24)17-8-6-10-28-17/h6-11,14,16,22H,5,12-13H2,1-4H3. The van der Waals surface area contributed by atoms with E-state index in [2.05, 4.69) is 10.4 Å². The van der Waals surface area contributed by atoms with Gasteiger partial charge in [0, 0.05) is 6.42 Å². The van der Waals surface area contributed by atoms with Crippen molar-refractivity contribution in [1.29, 1.82) is 0 Å². The van der Waals surface area contributed by atoms with Gasteiger partial charge in [0.15, 0.2) is 0 Å². The molecule has 2 atom stereocenters. The molecule has 2 unspecified atom stereocenters. The summed E-state index contributed by atoms with van der Waals surface area (Å²) in [5, 5.41) is 8.97. The second kappa shape index (κ2) is 8.65. The first-order valence-electron chi connectivity index (χ1n) is 9.75. The second-order valence-electron chi connectivity index (χ2n) is 7.43. The third-order valence-electron chi connectivity index (χ3n) is 5.30. The fraction of sp³-hybridized carbons (Fsp3) is 0.476. The zero-order valence-corrected chi connectivity index (χ0v) is 17.2. The van der Waals surface area contributed by atoms with Gasteiger partial charge in [-0.3, -0.25) is 14.9 Å². The average molecular weight is 401 g/mol. The van der Waals surface area contributed by atoms with Crippen molar-refractivity contribution in [2.75, 3.05) is 13.2 Å². The van der Waals surface area contributed by atoms with Crippen LogP contribution in [0.25, 0.3) is 0 Å². The van der Waals surface area contributed by atoms with E-state index in [0.29, 0.717) is 23.7 Å². The van der Waals surface area contributed by atoms with Gasteiger partial charge in [-0.05, 0) is 44.0 Å². The van der Waals surface area contributed by atoms with Crippen LogP contribution in [0.1, 0.15) is 51.7 Å². The maximum atomic E-state index is 13.0. The van der Waals surface area contributed by atoms with Gasteiger partial charge in [-0.2, -0.15) is 5.10 Å². The van der Waals surface area contributed by atoms with E-state index >= 15 is 0 Å². The molecule has 0 bridgehead atoms. The maximum Gasteiger partial charge on any atom is 0.326 e. The minimum Gasteiger partial charge on any atom is -0.467 e. The molecule has 0 saturated heterocycles. The Balaban J connectivity index is 1.78. The normalized spacial score (nSPS) is 18.6. The molecule has 156 valence electrons. The van der Waals surface area contributed by atoms with Gasteiger partial charge < -0.3 is 13.6 Å². The number of hydrogen-bond donors (Lipinski definition) is 1. The molecule has 0 radical (unpaired) electrons. The Bertz CT molecular complexity index is 857. The molecule has 1 aliphatic heterocycles. The first-order valence-corrected chi connectivity index (χ1v) is 9.75. The summed E-state index contributed by atoms with van der Waals surface area (Å²) in [5.74, 6) is 0.524. The van der Waals surface area contributed by atoms with Crippen LogP contribution in [-0.2, 0) is 14.3 Å². The van der Waals surface area contributed by atoms with Crippen LogP contribution in [0.2, 0.25) is 0 Å². The van der Waals surface area contributed by atoms with Crippen LogP contribution in [0, 0.1) is 5.92 Å². The van der Waals surface area contributed by atoms with Crippen molar-refractivity contribution in [1.82, 2.24) is 10.3 Å². The highest BCUT2D eigenvalue weighted by atomic mass is 16.5. The quantitative estimate of drug-likeness (QED) is 0.683. The summed E-state index contributed by atoms with van der Waals surface area (Å²) < 4.78 is 16.2. The SMILES string of the molecule is CCOC(=O)C(C)(NCC(=O)N1N=C(c2ccco2)CC1c1ccco1)C(C)C. The number of ether oxygens (including phenoxy) is 1. The molecule has 1 amide bonds. The summed E-state index contributed by atoms with van der Waals surface area (Å²) in [5.41, 5.74) is -0.319. The Morgan fingerprint density at radius 1 is 1.31 bits per heavy atom. The van der Waals surface area contributed by atoms with Gasteiger partial charge in [-0.25, -0.2) is 5.01 Å².